The summed E-state index contributed by atoms with van der Waals surface area (Å²) in [5.41, 5.74) is 2.44. The van der Waals surface area contributed by atoms with Gasteiger partial charge in [-0.25, -0.2) is 4.98 Å². The molecule has 0 bridgehead atoms. The van der Waals surface area contributed by atoms with Gasteiger partial charge >= 0.3 is 0 Å². The van der Waals surface area contributed by atoms with Crippen molar-refractivity contribution < 1.29 is 0 Å². The van der Waals surface area contributed by atoms with Crippen molar-refractivity contribution in [3.05, 3.63) is 64.6 Å². The number of allylic oxidation sites excluding steroid dienone is 1. The van der Waals surface area contributed by atoms with E-state index < -0.39 is 0 Å². The molecule has 4 nitrogen and oxygen atoms in total. The first-order valence-electron chi connectivity index (χ1n) is 8.72. The molecule has 26 heavy (non-hydrogen) atoms. The van der Waals surface area contributed by atoms with E-state index in [0.29, 0.717) is 6.54 Å². The molecular weight excluding hydrogens is 455 g/mol. The Hall–Kier alpha value is -1.41. The van der Waals surface area contributed by atoms with E-state index in [2.05, 4.69) is 64.5 Å². The van der Waals surface area contributed by atoms with Crippen LogP contribution in [0.15, 0.2) is 53.4 Å². The van der Waals surface area contributed by atoms with Crippen LogP contribution in [0.4, 0.5) is 0 Å². The number of unbranched alkanes of at least 4 members (excludes halogenated alkanes) is 1. The molecule has 0 unspecified atom stereocenters. The molecule has 0 saturated carbocycles. The number of aryl methyl sites for hydroxylation is 2. The maximum Gasteiger partial charge on any atom is 0.193 e. The molecule has 1 aromatic carbocycles. The van der Waals surface area contributed by atoms with E-state index >= 15 is 0 Å². The predicted molar refractivity (Wildman–Crippen MR) is 124 cm³/mol. The van der Waals surface area contributed by atoms with Gasteiger partial charge in [-0.1, -0.05) is 36.4 Å². The predicted octanol–water partition coefficient (Wildman–Crippen LogP) is 4.52. The number of nitrogens with zero attached hydrogens (tertiary/aromatic N) is 3. The Balaban J connectivity index is 0.00000338. The van der Waals surface area contributed by atoms with Gasteiger partial charge in [0, 0.05) is 32.4 Å². The molecule has 0 aliphatic heterocycles. The van der Waals surface area contributed by atoms with Gasteiger partial charge in [-0.15, -0.1) is 41.9 Å². The summed E-state index contributed by atoms with van der Waals surface area (Å²) in [6, 6.07) is 10.6. The number of halogens is 1. The van der Waals surface area contributed by atoms with Gasteiger partial charge in [0.25, 0.3) is 0 Å². The fourth-order valence-electron chi connectivity index (χ4n) is 2.57. The van der Waals surface area contributed by atoms with Crippen molar-refractivity contribution in [1.82, 2.24) is 15.2 Å². The highest BCUT2D eigenvalue weighted by Gasteiger charge is 2.07. The molecule has 2 aromatic rings. The highest BCUT2D eigenvalue weighted by Crippen LogP contribution is 2.13. The molecule has 0 saturated heterocycles. The van der Waals surface area contributed by atoms with Crippen LogP contribution in [0.5, 0.6) is 0 Å². The minimum absolute atomic E-state index is 0. The summed E-state index contributed by atoms with van der Waals surface area (Å²) in [5.74, 6) is 0.905. The first-order chi connectivity index (χ1) is 12.2. The zero-order valence-corrected chi connectivity index (χ0v) is 18.8. The summed E-state index contributed by atoms with van der Waals surface area (Å²) in [7, 11) is 3.88. The van der Waals surface area contributed by atoms with Gasteiger partial charge in [-0.2, -0.15) is 0 Å². The molecule has 0 radical (unpaired) electrons. The number of rotatable bonds is 9. The molecule has 2 rings (SSSR count). The molecule has 1 N–H and O–H groups in total. The lowest BCUT2D eigenvalue weighted by molar-refractivity contribution is 0.469. The molecule has 0 aliphatic rings. The minimum Gasteiger partial charge on any atom is -0.351 e. The Kier molecular flexibility index (Phi) is 11.2. The maximum atomic E-state index is 4.74. The highest BCUT2D eigenvalue weighted by atomic mass is 127. The Morgan fingerprint density at radius 2 is 2.08 bits per heavy atom. The number of aromatic nitrogens is 1. The van der Waals surface area contributed by atoms with Crippen LogP contribution in [-0.2, 0) is 19.4 Å². The van der Waals surface area contributed by atoms with Gasteiger partial charge < -0.3 is 10.2 Å². The summed E-state index contributed by atoms with van der Waals surface area (Å²) >= 11 is 1.74. The topological polar surface area (TPSA) is 40.5 Å². The van der Waals surface area contributed by atoms with Crippen LogP contribution in [0.25, 0.3) is 0 Å². The van der Waals surface area contributed by atoms with E-state index in [1.54, 1.807) is 11.3 Å². The SMILES string of the molecule is C=CCCCN(C)C(=NC)NCc1csc(CCc2ccccc2)n1.I. The quantitative estimate of drug-likeness (QED) is 0.187. The molecule has 0 spiro atoms. The smallest absolute Gasteiger partial charge is 0.193 e. The van der Waals surface area contributed by atoms with Crippen LogP contribution in [0.2, 0.25) is 0 Å². The van der Waals surface area contributed by atoms with Gasteiger partial charge in [0.05, 0.1) is 17.2 Å². The van der Waals surface area contributed by atoms with Crippen LogP contribution in [-0.4, -0.2) is 36.5 Å². The summed E-state index contributed by atoms with van der Waals surface area (Å²) in [6.07, 6.45) is 6.09. The molecule has 1 aromatic heterocycles. The van der Waals surface area contributed by atoms with Crippen molar-refractivity contribution in [1.29, 1.82) is 0 Å². The lowest BCUT2D eigenvalue weighted by Crippen LogP contribution is -2.39. The minimum atomic E-state index is 0. The number of thiazole rings is 1. The van der Waals surface area contributed by atoms with Crippen LogP contribution in [0.3, 0.4) is 0 Å². The molecule has 1 heterocycles. The fourth-order valence-corrected chi connectivity index (χ4v) is 3.37. The first kappa shape index (κ1) is 22.6. The lowest BCUT2D eigenvalue weighted by atomic mass is 10.1. The standard InChI is InChI=1S/C20H28N4S.HI/c1-4-5-9-14-24(3)20(21-2)22-15-18-16-25-19(23-18)13-12-17-10-7-6-8-11-17;/h4,6-8,10-11,16H,1,5,9,12-15H2,2-3H3,(H,21,22);1H. The van der Waals surface area contributed by atoms with E-state index in [-0.39, 0.29) is 24.0 Å². The van der Waals surface area contributed by atoms with Gasteiger partial charge in [0.2, 0.25) is 0 Å². The van der Waals surface area contributed by atoms with Crippen LogP contribution in [0.1, 0.15) is 29.1 Å². The van der Waals surface area contributed by atoms with Gasteiger partial charge in [-0.3, -0.25) is 4.99 Å². The summed E-state index contributed by atoms with van der Waals surface area (Å²) in [4.78, 5) is 11.2. The maximum absolute atomic E-state index is 4.74. The van der Waals surface area contributed by atoms with E-state index in [1.165, 1.54) is 10.6 Å². The van der Waals surface area contributed by atoms with Gasteiger partial charge in [0.15, 0.2) is 5.96 Å². The Labute approximate surface area is 178 Å². The highest BCUT2D eigenvalue weighted by molar-refractivity contribution is 14.0. The summed E-state index contributed by atoms with van der Waals surface area (Å²) < 4.78 is 0. The third kappa shape index (κ3) is 7.86. The van der Waals surface area contributed by atoms with Crippen LogP contribution < -0.4 is 5.32 Å². The van der Waals surface area contributed by atoms with Crippen molar-refractivity contribution in [3.63, 3.8) is 0 Å². The second kappa shape index (κ2) is 12.9. The normalized spacial score (nSPS) is 10.9. The Bertz CT molecular complexity index is 669. The summed E-state index contributed by atoms with van der Waals surface area (Å²) in [5, 5.41) is 6.72. The van der Waals surface area contributed by atoms with E-state index in [1.807, 2.05) is 13.1 Å². The first-order valence-corrected chi connectivity index (χ1v) is 9.60. The van der Waals surface area contributed by atoms with Crippen molar-refractivity contribution >= 4 is 41.3 Å². The van der Waals surface area contributed by atoms with Gasteiger partial charge in [0.1, 0.15) is 0 Å². The van der Waals surface area contributed by atoms with Crippen molar-refractivity contribution in [2.75, 3.05) is 20.6 Å². The second-order valence-corrected chi connectivity index (χ2v) is 6.91. The molecular formula is C20H29IN4S. The van der Waals surface area contributed by atoms with Crippen LogP contribution >= 0.6 is 35.3 Å². The third-order valence-corrected chi connectivity index (χ3v) is 4.93. The fraction of sp³-hybridized carbons (Fsp3) is 0.400. The summed E-state index contributed by atoms with van der Waals surface area (Å²) in [6.45, 7) is 5.44. The number of nitrogens with one attached hydrogen (secondary N) is 1. The average Bonchev–Trinajstić information content (AvgIpc) is 3.09. The molecule has 0 amide bonds. The zero-order chi connectivity index (χ0) is 17.9. The number of aliphatic imine (C=N–C) groups is 1. The second-order valence-electron chi connectivity index (χ2n) is 5.97. The molecule has 0 atom stereocenters. The lowest BCUT2D eigenvalue weighted by Gasteiger charge is -2.21. The van der Waals surface area contributed by atoms with Crippen molar-refractivity contribution in [2.24, 2.45) is 4.99 Å². The zero-order valence-electron chi connectivity index (χ0n) is 15.6. The Morgan fingerprint density at radius 1 is 1.31 bits per heavy atom. The monoisotopic (exact) mass is 484 g/mol. The van der Waals surface area contributed by atoms with Crippen molar-refractivity contribution in [3.8, 4) is 0 Å². The van der Waals surface area contributed by atoms with E-state index in [9.17, 15) is 0 Å². The Morgan fingerprint density at radius 3 is 2.77 bits per heavy atom. The van der Waals surface area contributed by atoms with Gasteiger partial charge in [-0.05, 0) is 24.8 Å². The number of hydrogen-bond acceptors (Lipinski definition) is 3. The van der Waals surface area contributed by atoms with E-state index in [4.69, 9.17) is 4.98 Å². The third-order valence-electron chi connectivity index (χ3n) is 3.97. The van der Waals surface area contributed by atoms with E-state index in [0.717, 1.165) is 43.9 Å². The van der Waals surface area contributed by atoms with Crippen LogP contribution in [0, 0.1) is 0 Å². The molecule has 0 fully saturated rings. The number of guanidine groups is 1. The van der Waals surface area contributed by atoms with Crippen molar-refractivity contribution in [2.45, 2.75) is 32.2 Å². The molecule has 0 aliphatic carbocycles. The number of benzene rings is 1. The average molecular weight is 484 g/mol. The molecule has 6 heteroatoms. The molecule has 142 valence electrons. The number of hydrogen-bond donors (Lipinski definition) is 1. The largest absolute Gasteiger partial charge is 0.351 e.